The van der Waals surface area contributed by atoms with Crippen molar-refractivity contribution < 1.29 is 4.79 Å². The molecule has 2 unspecified atom stereocenters. The average Bonchev–Trinajstić information content (AvgIpc) is 2.57. The maximum Gasteiger partial charge on any atom is 0.224 e. The molecule has 0 spiro atoms. The summed E-state index contributed by atoms with van der Waals surface area (Å²) < 4.78 is 0. The predicted molar refractivity (Wildman–Crippen MR) is 67.3 cm³/mol. The number of amides is 1. The molecule has 0 aromatic heterocycles. The summed E-state index contributed by atoms with van der Waals surface area (Å²) in [5.41, 5.74) is 0. The molecule has 1 N–H and O–H groups in total. The molecule has 1 heterocycles. The standard InChI is InChI=1S/C13H26N2O/c1-5-6-11(4)8-14-12-7-13(16)15(9-12)10(2)3/h10-12,14H,5-9H2,1-4H3. The number of carbonyl (C=O) groups excluding carboxylic acids is 1. The number of nitrogens with one attached hydrogen (secondary N) is 1. The summed E-state index contributed by atoms with van der Waals surface area (Å²) in [6.07, 6.45) is 3.18. The number of likely N-dealkylation sites (tertiary alicyclic amines) is 1. The van der Waals surface area contributed by atoms with Crippen LogP contribution in [0.1, 0.15) is 47.0 Å². The van der Waals surface area contributed by atoms with E-state index in [0.717, 1.165) is 13.1 Å². The maximum atomic E-state index is 11.7. The van der Waals surface area contributed by atoms with Crippen molar-refractivity contribution in [3.63, 3.8) is 0 Å². The minimum Gasteiger partial charge on any atom is -0.339 e. The van der Waals surface area contributed by atoms with Crippen LogP contribution in [0.15, 0.2) is 0 Å². The minimum absolute atomic E-state index is 0.302. The van der Waals surface area contributed by atoms with Gasteiger partial charge in [-0.15, -0.1) is 0 Å². The maximum absolute atomic E-state index is 11.7. The molecule has 1 amide bonds. The summed E-state index contributed by atoms with van der Waals surface area (Å²) in [5.74, 6) is 1.02. The highest BCUT2D eigenvalue weighted by Crippen LogP contribution is 2.14. The van der Waals surface area contributed by atoms with Crippen molar-refractivity contribution in [1.29, 1.82) is 0 Å². The van der Waals surface area contributed by atoms with Gasteiger partial charge in [0.25, 0.3) is 0 Å². The van der Waals surface area contributed by atoms with Crippen LogP contribution in [0, 0.1) is 5.92 Å². The molecule has 2 atom stereocenters. The Morgan fingerprint density at radius 2 is 2.12 bits per heavy atom. The first-order chi connectivity index (χ1) is 7.54. The molecule has 3 nitrogen and oxygen atoms in total. The molecule has 94 valence electrons. The monoisotopic (exact) mass is 226 g/mol. The van der Waals surface area contributed by atoms with Crippen molar-refractivity contribution in [2.75, 3.05) is 13.1 Å². The molecule has 0 aromatic carbocycles. The Labute approximate surface area is 99.6 Å². The Kier molecular flexibility index (Phi) is 5.26. The SMILES string of the molecule is CCCC(C)CNC1CC(=O)N(C(C)C)C1. The summed E-state index contributed by atoms with van der Waals surface area (Å²) >= 11 is 0. The molecule has 16 heavy (non-hydrogen) atoms. The van der Waals surface area contributed by atoms with Gasteiger partial charge in [0.05, 0.1) is 0 Å². The fourth-order valence-corrected chi connectivity index (χ4v) is 2.33. The highest BCUT2D eigenvalue weighted by atomic mass is 16.2. The molecule has 0 saturated carbocycles. The minimum atomic E-state index is 0.302. The van der Waals surface area contributed by atoms with Crippen LogP contribution in [-0.4, -0.2) is 36.0 Å². The van der Waals surface area contributed by atoms with Crippen molar-refractivity contribution in [3.05, 3.63) is 0 Å². The molecule has 1 fully saturated rings. The third-order valence-corrected chi connectivity index (χ3v) is 3.32. The number of carbonyl (C=O) groups is 1. The number of hydrogen-bond acceptors (Lipinski definition) is 2. The Hall–Kier alpha value is -0.570. The Morgan fingerprint density at radius 3 is 2.62 bits per heavy atom. The van der Waals surface area contributed by atoms with Gasteiger partial charge in [-0.05, 0) is 32.7 Å². The van der Waals surface area contributed by atoms with E-state index in [-0.39, 0.29) is 0 Å². The van der Waals surface area contributed by atoms with E-state index in [0.29, 0.717) is 30.3 Å². The van der Waals surface area contributed by atoms with Crippen LogP contribution in [0.5, 0.6) is 0 Å². The highest BCUT2D eigenvalue weighted by Gasteiger charge is 2.30. The quantitative estimate of drug-likeness (QED) is 0.751. The second kappa shape index (κ2) is 6.24. The molecule has 1 rings (SSSR count). The molecule has 1 aliphatic heterocycles. The second-order valence-electron chi connectivity index (χ2n) is 5.34. The third-order valence-electron chi connectivity index (χ3n) is 3.32. The van der Waals surface area contributed by atoms with E-state index < -0.39 is 0 Å². The van der Waals surface area contributed by atoms with E-state index in [2.05, 4.69) is 33.0 Å². The van der Waals surface area contributed by atoms with Crippen LogP contribution in [-0.2, 0) is 4.79 Å². The van der Waals surface area contributed by atoms with Crippen molar-refractivity contribution in [2.45, 2.75) is 59.0 Å². The van der Waals surface area contributed by atoms with Crippen LogP contribution >= 0.6 is 0 Å². The first kappa shape index (κ1) is 13.5. The molecule has 0 aromatic rings. The van der Waals surface area contributed by atoms with Crippen LogP contribution in [0.25, 0.3) is 0 Å². The zero-order valence-electron chi connectivity index (χ0n) is 11.1. The van der Waals surface area contributed by atoms with Gasteiger partial charge in [0.2, 0.25) is 5.91 Å². The number of rotatable bonds is 6. The lowest BCUT2D eigenvalue weighted by Gasteiger charge is -2.21. The molecule has 0 aliphatic carbocycles. The van der Waals surface area contributed by atoms with Gasteiger partial charge in [0.15, 0.2) is 0 Å². The van der Waals surface area contributed by atoms with Crippen LogP contribution < -0.4 is 5.32 Å². The lowest BCUT2D eigenvalue weighted by Crippen LogP contribution is -2.37. The molecular formula is C13H26N2O. The Bertz CT molecular complexity index is 228. The van der Waals surface area contributed by atoms with Gasteiger partial charge in [0, 0.05) is 25.0 Å². The fraction of sp³-hybridized carbons (Fsp3) is 0.923. The molecular weight excluding hydrogens is 200 g/mol. The molecule has 1 saturated heterocycles. The van der Waals surface area contributed by atoms with Crippen molar-refractivity contribution in [2.24, 2.45) is 5.92 Å². The van der Waals surface area contributed by atoms with Gasteiger partial charge in [-0.2, -0.15) is 0 Å². The van der Waals surface area contributed by atoms with E-state index in [1.165, 1.54) is 12.8 Å². The normalized spacial score (nSPS) is 23.2. The summed E-state index contributed by atoms with van der Waals surface area (Å²) in [4.78, 5) is 13.7. The highest BCUT2D eigenvalue weighted by molar-refractivity contribution is 5.79. The largest absolute Gasteiger partial charge is 0.339 e. The summed E-state index contributed by atoms with van der Waals surface area (Å²) in [6.45, 7) is 10.6. The van der Waals surface area contributed by atoms with Gasteiger partial charge in [-0.3, -0.25) is 4.79 Å². The smallest absolute Gasteiger partial charge is 0.224 e. The van der Waals surface area contributed by atoms with Crippen LogP contribution in [0.4, 0.5) is 0 Å². The van der Waals surface area contributed by atoms with Crippen molar-refractivity contribution in [3.8, 4) is 0 Å². The zero-order valence-corrected chi connectivity index (χ0v) is 11.1. The molecule has 0 bridgehead atoms. The van der Waals surface area contributed by atoms with Crippen molar-refractivity contribution in [1.82, 2.24) is 10.2 Å². The van der Waals surface area contributed by atoms with Crippen LogP contribution in [0.2, 0.25) is 0 Å². The van der Waals surface area contributed by atoms with Gasteiger partial charge in [-0.25, -0.2) is 0 Å². The second-order valence-corrected chi connectivity index (χ2v) is 5.34. The van der Waals surface area contributed by atoms with Gasteiger partial charge in [0.1, 0.15) is 0 Å². The van der Waals surface area contributed by atoms with E-state index in [1.807, 2.05) is 4.90 Å². The molecule has 0 radical (unpaired) electrons. The van der Waals surface area contributed by atoms with Crippen molar-refractivity contribution >= 4 is 5.91 Å². The van der Waals surface area contributed by atoms with E-state index in [9.17, 15) is 4.79 Å². The molecule has 3 heteroatoms. The summed E-state index contributed by atoms with van der Waals surface area (Å²) in [6, 6.07) is 0.710. The van der Waals surface area contributed by atoms with Crippen LogP contribution in [0.3, 0.4) is 0 Å². The molecule has 1 aliphatic rings. The summed E-state index contributed by atoms with van der Waals surface area (Å²) in [7, 11) is 0. The topological polar surface area (TPSA) is 32.3 Å². The third kappa shape index (κ3) is 3.78. The van der Waals surface area contributed by atoms with Gasteiger partial charge < -0.3 is 10.2 Å². The lowest BCUT2D eigenvalue weighted by molar-refractivity contribution is -0.129. The summed E-state index contributed by atoms with van der Waals surface area (Å²) in [5, 5.41) is 3.52. The van der Waals surface area contributed by atoms with Gasteiger partial charge >= 0.3 is 0 Å². The van der Waals surface area contributed by atoms with E-state index in [1.54, 1.807) is 0 Å². The number of nitrogens with zero attached hydrogens (tertiary/aromatic N) is 1. The fourth-order valence-electron chi connectivity index (χ4n) is 2.33. The predicted octanol–water partition coefficient (Wildman–Crippen LogP) is 2.02. The van der Waals surface area contributed by atoms with E-state index in [4.69, 9.17) is 0 Å². The zero-order chi connectivity index (χ0) is 12.1. The lowest BCUT2D eigenvalue weighted by atomic mass is 10.1. The first-order valence-electron chi connectivity index (χ1n) is 6.57. The Balaban J connectivity index is 2.28. The average molecular weight is 226 g/mol. The van der Waals surface area contributed by atoms with E-state index >= 15 is 0 Å². The number of hydrogen-bond donors (Lipinski definition) is 1. The first-order valence-corrected chi connectivity index (χ1v) is 6.57. The van der Waals surface area contributed by atoms with Gasteiger partial charge in [-0.1, -0.05) is 20.3 Å². The Morgan fingerprint density at radius 1 is 1.44 bits per heavy atom.